The fourth-order valence-electron chi connectivity index (χ4n) is 5.49. The first-order valence-corrected chi connectivity index (χ1v) is 10.8. The summed E-state index contributed by atoms with van der Waals surface area (Å²) >= 11 is 0. The maximum absolute atomic E-state index is 9.77. The minimum Gasteiger partial charge on any atom is -0.331 e. The summed E-state index contributed by atoms with van der Waals surface area (Å²) < 4.78 is 7.29. The minimum atomic E-state index is -0.773. The van der Waals surface area contributed by atoms with Gasteiger partial charge in [0, 0.05) is 32.1 Å². The molecule has 4 nitrogen and oxygen atoms in total. The molecule has 5 rings (SSSR count). The second kappa shape index (κ2) is 7.33. The SMILES string of the molecule is N#C/C=C1\N2CCCN3CCCCCC32OC1(c1ccccc1)c1ccccc1. The average Bonchev–Trinajstić information content (AvgIpc) is 2.91. The van der Waals surface area contributed by atoms with Gasteiger partial charge in [-0.2, -0.15) is 5.26 Å². The quantitative estimate of drug-likeness (QED) is 0.708. The van der Waals surface area contributed by atoms with Crippen molar-refractivity contribution in [2.24, 2.45) is 0 Å². The van der Waals surface area contributed by atoms with Crippen molar-refractivity contribution in [3.8, 4) is 6.07 Å². The molecule has 0 saturated carbocycles. The molecule has 3 fully saturated rings. The first-order valence-electron chi connectivity index (χ1n) is 10.8. The highest BCUT2D eigenvalue weighted by Crippen LogP contribution is 2.56. The van der Waals surface area contributed by atoms with Crippen molar-refractivity contribution in [2.45, 2.75) is 43.6 Å². The summed E-state index contributed by atoms with van der Waals surface area (Å²) in [5.41, 5.74) is 2.37. The van der Waals surface area contributed by atoms with Crippen LogP contribution >= 0.6 is 0 Å². The third-order valence-electron chi connectivity index (χ3n) is 6.69. The standard InChI is InChI=1S/C25H27N3O/c26-17-15-23-25(21-11-4-1-5-12-21,22-13-6-2-7-14-22)29-24-16-8-3-9-18-27(24)19-10-20-28(23)24/h1-2,4-7,11-15H,3,8-10,16,18-20H2/b23-15-. The van der Waals surface area contributed by atoms with Gasteiger partial charge in [0.15, 0.2) is 5.60 Å². The van der Waals surface area contributed by atoms with E-state index in [1.54, 1.807) is 6.08 Å². The van der Waals surface area contributed by atoms with Crippen molar-refractivity contribution in [2.75, 3.05) is 19.6 Å². The molecule has 3 saturated heterocycles. The van der Waals surface area contributed by atoms with E-state index in [1.807, 2.05) is 12.1 Å². The zero-order chi connectivity index (χ0) is 19.7. The number of nitriles is 1. The number of ether oxygens (including phenoxy) is 1. The third-order valence-corrected chi connectivity index (χ3v) is 6.69. The molecule has 1 spiro atoms. The molecule has 4 heteroatoms. The van der Waals surface area contributed by atoms with E-state index in [0.29, 0.717) is 0 Å². The van der Waals surface area contributed by atoms with E-state index in [1.165, 1.54) is 12.8 Å². The van der Waals surface area contributed by atoms with Crippen LogP contribution in [0.3, 0.4) is 0 Å². The maximum Gasteiger partial charge on any atom is 0.202 e. The first-order chi connectivity index (χ1) is 14.3. The van der Waals surface area contributed by atoms with E-state index >= 15 is 0 Å². The van der Waals surface area contributed by atoms with Gasteiger partial charge < -0.3 is 9.64 Å². The highest BCUT2D eigenvalue weighted by atomic mass is 16.6. The summed E-state index contributed by atoms with van der Waals surface area (Å²) in [5, 5.41) is 9.77. The Morgan fingerprint density at radius 3 is 2.14 bits per heavy atom. The summed E-state index contributed by atoms with van der Waals surface area (Å²) in [6.07, 6.45) is 7.37. The molecule has 29 heavy (non-hydrogen) atoms. The van der Waals surface area contributed by atoms with Gasteiger partial charge in [0.25, 0.3) is 0 Å². The van der Waals surface area contributed by atoms with E-state index in [4.69, 9.17) is 4.74 Å². The fraction of sp³-hybridized carbons (Fsp3) is 0.400. The van der Waals surface area contributed by atoms with E-state index in [9.17, 15) is 5.26 Å². The normalized spacial score (nSPS) is 27.7. The number of benzene rings is 2. The Morgan fingerprint density at radius 1 is 0.828 bits per heavy atom. The first kappa shape index (κ1) is 18.4. The van der Waals surface area contributed by atoms with Crippen LogP contribution < -0.4 is 0 Å². The molecule has 3 heterocycles. The second-order valence-electron chi connectivity index (χ2n) is 8.22. The predicted octanol–water partition coefficient (Wildman–Crippen LogP) is 4.60. The smallest absolute Gasteiger partial charge is 0.202 e. The Morgan fingerprint density at radius 2 is 1.48 bits per heavy atom. The van der Waals surface area contributed by atoms with Gasteiger partial charge in [-0.15, -0.1) is 0 Å². The highest BCUT2D eigenvalue weighted by Gasteiger charge is 2.62. The maximum atomic E-state index is 9.77. The summed E-state index contributed by atoms with van der Waals surface area (Å²) in [5.74, 6) is -0.469. The zero-order valence-electron chi connectivity index (χ0n) is 16.8. The Bertz CT molecular complexity index is 894. The molecule has 3 aliphatic heterocycles. The van der Waals surface area contributed by atoms with Gasteiger partial charge in [-0.05, 0) is 30.4 Å². The van der Waals surface area contributed by atoms with Crippen LogP contribution in [0.4, 0.5) is 0 Å². The van der Waals surface area contributed by atoms with Crippen molar-refractivity contribution in [3.05, 3.63) is 83.6 Å². The van der Waals surface area contributed by atoms with Crippen LogP contribution in [0.15, 0.2) is 72.4 Å². The lowest BCUT2D eigenvalue weighted by Crippen LogP contribution is -2.61. The molecule has 0 aromatic heterocycles. The predicted molar refractivity (Wildman–Crippen MR) is 113 cm³/mol. The van der Waals surface area contributed by atoms with Gasteiger partial charge in [0.2, 0.25) is 5.85 Å². The van der Waals surface area contributed by atoms with Crippen molar-refractivity contribution in [1.82, 2.24) is 9.80 Å². The summed E-state index contributed by atoms with van der Waals surface area (Å²) in [4.78, 5) is 4.94. The molecule has 3 aliphatic rings. The van der Waals surface area contributed by atoms with Gasteiger partial charge in [-0.3, -0.25) is 4.90 Å². The van der Waals surface area contributed by atoms with E-state index in [2.05, 4.69) is 64.4 Å². The van der Waals surface area contributed by atoms with E-state index < -0.39 is 11.4 Å². The Labute approximate surface area is 173 Å². The summed E-state index contributed by atoms with van der Waals surface area (Å²) in [7, 11) is 0. The van der Waals surface area contributed by atoms with Gasteiger partial charge in [-0.1, -0.05) is 67.1 Å². The van der Waals surface area contributed by atoms with Crippen LogP contribution in [0.5, 0.6) is 0 Å². The van der Waals surface area contributed by atoms with Crippen LogP contribution in [0.25, 0.3) is 0 Å². The summed E-state index contributed by atoms with van der Waals surface area (Å²) in [6, 6.07) is 23.2. The molecule has 0 aliphatic carbocycles. The molecule has 2 aromatic carbocycles. The minimum absolute atomic E-state index is 0.469. The summed E-state index contributed by atoms with van der Waals surface area (Å²) in [6.45, 7) is 3.03. The molecule has 148 valence electrons. The molecular weight excluding hydrogens is 358 g/mol. The molecule has 0 bridgehead atoms. The molecule has 1 atom stereocenters. The molecule has 2 aromatic rings. The Kier molecular flexibility index (Phi) is 4.66. The van der Waals surface area contributed by atoms with Crippen molar-refractivity contribution < 1.29 is 4.74 Å². The van der Waals surface area contributed by atoms with Crippen LogP contribution in [0.1, 0.15) is 43.2 Å². The molecule has 0 N–H and O–H groups in total. The van der Waals surface area contributed by atoms with Crippen molar-refractivity contribution >= 4 is 0 Å². The van der Waals surface area contributed by atoms with Gasteiger partial charge in [0.1, 0.15) is 0 Å². The topological polar surface area (TPSA) is 39.5 Å². The Balaban J connectivity index is 1.78. The van der Waals surface area contributed by atoms with Crippen LogP contribution in [0.2, 0.25) is 0 Å². The molecule has 0 amide bonds. The number of hydrogen-bond acceptors (Lipinski definition) is 4. The lowest BCUT2D eigenvalue weighted by Gasteiger charge is -2.49. The number of nitrogens with zero attached hydrogens (tertiary/aromatic N) is 3. The number of hydrogen-bond donors (Lipinski definition) is 0. The van der Waals surface area contributed by atoms with Crippen LogP contribution in [-0.2, 0) is 10.3 Å². The molecule has 1 unspecified atom stereocenters. The lowest BCUT2D eigenvalue weighted by molar-refractivity contribution is -0.239. The highest BCUT2D eigenvalue weighted by molar-refractivity contribution is 5.49. The third kappa shape index (κ3) is 2.73. The van der Waals surface area contributed by atoms with Gasteiger partial charge in [-0.25, -0.2) is 0 Å². The van der Waals surface area contributed by atoms with Gasteiger partial charge in [0.05, 0.1) is 11.8 Å². The lowest BCUT2D eigenvalue weighted by atomic mass is 9.83. The zero-order valence-corrected chi connectivity index (χ0v) is 16.8. The number of allylic oxidation sites excluding steroid dienone is 1. The second-order valence-corrected chi connectivity index (χ2v) is 8.22. The van der Waals surface area contributed by atoms with E-state index in [0.717, 1.165) is 55.7 Å². The van der Waals surface area contributed by atoms with Gasteiger partial charge >= 0.3 is 0 Å². The monoisotopic (exact) mass is 385 g/mol. The van der Waals surface area contributed by atoms with Crippen LogP contribution in [0, 0.1) is 11.3 Å². The Hall–Kier alpha value is -2.61. The molecule has 0 radical (unpaired) electrons. The average molecular weight is 386 g/mol. The van der Waals surface area contributed by atoms with Crippen molar-refractivity contribution in [3.63, 3.8) is 0 Å². The fourth-order valence-corrected chi connectivity index (χ4v) is 5.49. The van der Waals surface area contributed by atoms with Crippen LogP contribution in [-0.4, -0.2) is 35.3 Å². The number of rotatable bonds is 2. The largest absolute Gasteiger partial charge is 0.331 e. The molecular formula is C25H27N3O. The van der Waals surface area contributed by atoms with Crippen molar-refractivity contribution in [1.29, 1.82) is 5.26 Å². The van der Waals surface area contributed by atoms with E-state index in [-0.39, 0.29) is 0 Å².